The number of halogens is 1. The molecule has 4 heteroatoms. The molecule has 0 bridgehead atoms. The van der Waals surface area contributed by atoms with Gasteiger partial charge in [0.1, 0.15) is 5.82 Å². The van der Waals surface area contributed by atoms with Crippen LogP contribution >= 0.6 is 11.6 Å². The van der Waals surface area contributed by atoms with Crippen LogP contribution in [0.2, 0.25) is 5.02 Å². The largest absolute Gasteiger partial charge is 0.324 e. The molecular formula is C17H18ClN3. The first kappa shape index (κ1) is 14.1. The Labute approximate surface area is 129 Å². The zero-order valence-corrected chi connectivity index (χ0v) is 12.9. The normalized spacial score (nSPS) is 13.0. The lowest BCUT2D eigenvalue weighted by Crippen LogP contribution is -2.19. The average Bonchev–Trinajstić information content (AvgIpc) is 2.86. The van der Waals surface area contributed by atoms with Crippen LogP contribution in [0.1, 0.15) is 37.3 Å². The van der Waals surface area contributed by atoms with Gasteiger partial charge in [0, 0.05) is 11.1 Å². The SMILES string of the molecule is CC(C)n1c(C(N)c2ccccc2Cl)nc2ccccc21. The predicted molar refractivity (Wildman–Crippen MR) is 87.6 cm³/mol. The molecule has 0 saturated heterocycles. The Morgan fingerprint density at radius 3 is 2.43 bits per heavy atom. The van der Waals surface area contributed by atoms with Crippen molar-refractivity contribution in [3.05, 3.63) is 64.9 Å². The molecule has 0 aliphatic heterocycles. The summed E-state index contributed by atoms with van der Waals surface area (Å²) in [5.41, 5.74) is 9.41. The molecule has 3 rings (SSSR count). The van der Waals surface area contributed by atoms with Crippen molar-refractivity contribution in [3.8, 4) is 0 Å². The third-order valence-corrected chi connectivity index (χ3v) is 4.00. The first-order chi connectivity index (χ1) is 10.1. The zero-order valence-electron chi connectivity index (χ0n) is 12.1. The Morgan fingerprint density at radius 2 is 1.71 bits per heavy atom. The highest BCUT2D eigenvalue weighted by Crippen LogP contribution is 2.30. The van der Waals surface area contributed by atoms with Crippen LogP contribution < -0.4 is 5.73 Å². The van der Waals surface area contributed by atoms with Crippen LogP contribution in [-0.4, -0.2) is 9.55 Å². The molecule has 0 amide bonds. The maximum atomic E-state index is 6.45. The number of benzene rings is 2. The molecule has 2 N–H and O–H groups in total. The smallest absolute Gasteiger partial charge is 0.131 e. The first-order valence-corrected chi connectivity index (χ1v) is 7.44. The number of nitrogens with two attached hydrogens (primary N) is 1. The summed E-state index contributed by atoms with van der Waals surface area (Å²) < 4.78 is 2.18. The number of nitrogens with zero attached hydrogens (tertiary/aromatic N) is 2. The molecule has 0 aliphatic rings. The van der Waals surface area contributed by atoms with E-state index in [0.717, 1.165) is 22.4 Å². The summed E-state index contributed by atoms with van der Waals surface area (Å²) in [6.45, 7) is 4.27. The van der Waals surface area contributed by atoms with Gasteiger partial charge in [0.25, 0.3) is 0 Å². The van der Waals surface area contributed by atoms with Gasteiger partial charge in [-0.2, -0.15) is 0 Å². The van der Waals surface area contributed by atoms with Gasteiger partial charge in [-0.1, -0.05) is 41.9 Å². The number of para-hydroxylation sites is 2. The molecule has 1 heterocycles. The van der Waals surface area contributed by atoms with Crippen LogP contribution in [0, 0.1) is 0 Å². The maximum Gasteiger partial charge on any atom is 0.131 e. The monoisotopic (exact) mass is 299 g/mol. The Bertz CT molecular complexity index is 777. The number of imidazole rings is 1. The van der Waals surface area contributed by atoms with Gasteiger partial charge in [-0.25, -0.2) is 4.98 Å². The van der Waals surface area contributed by atoms with Gasteiger partial charge in [0.2, 0.25) is 0 Å². The van der Waals surface area contributed by atoms with Crippen molar-refractivity contribution in [2.75, 3.05) is 0 Å². The molecule has 0 aliphatic carbocycles. The van der Waals surface area contributed by atoms with Crippen LogP contribution in [-0.2, 0) is 0 Å². The van der Waals surface area contributed by atoms with Gasteiger partial charge < -0.3 is 10.3 Å². The molecule has 0 spiro atoms. The second kappa shape index (κ2) is 5.51. The molecular weight excluding hydrogens is 282 g/mol. The highest BCUT2D eigenvalue weighted by atomic mass is 35.5. The van der Waals surface area contributed by atoms with E-state index in [0.29, 0.717) is 5.02 Å². The van der Waals surface area contributed by atoms with E-state index < -0.39 is 0 Å². The van der Waals surface area contributed by atoms with E-state index in [2.05, 4.69) is 24.5 Å². The maximum absolute atomic E-state index is 6.45. The third-order valence-electron chi connectivity index (χ3n) is 3.66. The van der Waals surface area contributed by atoms with Gasteiger partial charge in [-0.05, 0) is 37.6 Å². The number of aromatic nitrogens is 2. The van der Waals surface area contributed by atoms with Gasteiger partial charge in [0.15, 0.2) is 0 Å². The molecule has 3 aromatic rings. The molecule has 1 unspecified atom stereocenters. The third kappa shape index (κ3) is 2.43. The number of fused-ring (bicyclic) bond motifs is 1. The van der Waals surface area contributed by atoms with Crippen LogP contribution in [0.3, 0.4) is 0 Å². The second-order valence-electron chi connectivity index (χ2n) is 5.42. The minimum atomic E-state index is -0.339. The molecule has 2 aromatic carbocycles. The van der Waals surface area contributed by atoms with E-state index in [1.165, 1.54) is 0 Å². The van der Waals surface area contributed by atoms with Gasteiger partial charge in [-0.3, -0.25) is 0 Å². The van der Waals surface area contributed by atoms with Crippen LogP contribution in [0.4, 0.5) is 0 Å². The van der Waals surface area contributed by atoms with E-state index in [-0.39, 0.29) is 12.1 Å². The van der Waals surface area contributed by atoms with Crippen molar-refractivity contribution in [2.45, 2.75) is 25.9 Å². The number of hydrogen-bond acceptors (Lipinski definition) is 2. The van der Waals surface area contributed by atoms with Gasteiger partial charge in [0.05, 0.1) is 17.1 Å². The summed E-state index contributed by atoms with van der Waals surface area (Å²) in [7, 11) is 0. The van der Waals surface area contributed by atoms with Crippen molar-refractivity contribution in [1.82, 2.24) is 9.55 Å². The minimum absolute atomic E-state index is 0.279. The Kier molecular flexibility index (Phi) is 3.70. The summed E-state index contributed by atoms with van der Waals surface area (Å²) in [5, 5.41) is 0.673. The van der Waals surface area contributed by atoms with E-state index in [9.17, 15) is 0 Å². The molecule has 1 atom stereocenters. The van der Waals surface area contributed by atoms with Crippen LogP contribution in [0.25, 0.3) is 11.0 Å². The number of hydrogen-bond donors (Lipinski definition) is 1. The van der Waals surface area contributed by atoms with E-state index in [1.807, 2.05) is 42.5 Å². The molecule has 0 radical (unpaired) electrons. The van der Waals surface area contributed by atoms with Crippen molar-refractivity contribution < 1.29 is 0 Å². The van der Waals surface area contributed by atoms with E-state index in [1.54, 1.807) is 0 Å². The van der Waals surface area contributed by atoms with Crippen molar-refractivity contribution >= 4 is 22.6 Å². The number of rotatable bonds is 3. The second-order valence-corrected chi connectivity index (χ2v) is 5.83. The van der Waals surface area contributed by atoms with Crippen LogP contribution in [0.5, 0.6) is 0 Å². The van der Waals surface area contributed by atoms with E-state index >= 15 is 0 Å². The summed E-state index contributed by atoms with van der Waals surface area (Å²) in [4.78, 5) is 4.73. The van der Waals surface area contributed by atoms with Crippen molar-refractivity contribution in [2.24, 2.45) is 5.73 Å². The molecule has 1 aromatic heterocycles. The average molecular weight is 300 g/mol. The Morgan fingerprint density at radius 1 is 1.05 bits per heavy atom. The minimum Gasteiger partial charge on any atom is -0.324 e. The Hall–Kier alpha value is -1.84. The highest BCUT2D eigenvalue weighted by molar-refractivity contribution is 6.31. The standard InChI is InChI=1S/C17H18ClN3/c1-11(2)21-15-10-6-5-9-14(15)20-17(21)16(19)12-7-3-4-8-13(12)18/h3-11,16H,19H2,1-2H3. The lowest BCUT2D eigenvalue weighted by atomic mass is 10.1. The van der Waals surface area contributed by atoms with E-state index in [4.69, 9.17) is 22.3 Å². The van der Waals surface area contributed by atoms with Crippen molar-refractivity contribution in [1.29, 1.82) is 0 Å². The molecule has 3 nitrogen and oxygen atoms in total. The van der Waals surface area contributed by atoms with Gasteiger partial charge in [-0.15, -0.1) is 0 Å². The summed E-state index contributed by atoms with van der Waals surface area (Å²) >= 11 is 6.28. The molecule has 108 valence electrons. The van der Waals surface area contributed by atoms with Gasteiger partial charge >= 0.3 is 0 Å². The quantitative estimate of drug-likeness (QED) is 0.783. The fraction of sp³-hybridized carbons (Fsp3) is 0.235. The van der Waals surface area contributed by atoms with Crippen molar-refractivity contribution in [3.63, 3.8) is 0 Å². The zero-order chi connectivity index (χ0) is 15.0. The summed E-state index contributed by atoms with van der Waals surface area (Å²) in [5.74, 6) is 0.847. The molecule has 21 heavy (non-hydrogen) atoms. The molecule has 0 fully saturated rings. The lowest BCUT2D eigenvalue weighted by Gasteiger charge is -2.18. The summed E-state index contributed by atoms with van der Waals surface area (Å²) in [6, 6.07) is 15.7. The molecule has 0 saturated carbocycles. The fourth-order valence-electron chi connectivity index (χ4n) is 2.69. The topological polar surface area (TPSA) is 43.8 Å². The predicted octanol–water partition coefficient (Wildman–Crippen LogP) is 4.32. The summed E-state index contributed by atoms with van der Waals surface area (Å²) in [6.07, 6.45) is 0. The Balaban J connectivity index is 2.20. The fourth-order valence-corrected chi connectivity index (χ4v) is 2.94. The first-order valence-electron chi connectivity index (χ1n) is 7.06. The lowest BCUT2D eigenvalue weighted by molar-refractivity contribution is 0.567. The van der Waals surface area contributed by atoms with Crippen LogP contribution in [0.15, 0.2) is 48.5 Å². The highest BCUT2D eigenvalue weighted by Gasteiger charge is 2.21.